The van der Waals surface area contributed by atoms with E-state index in [0.717, 1.165) is 0 Å². The number of aromatic nitrogens is 1. The van der Waals surface area contributed by atoms with E-state index in [0.29, 0.717) is 19.5 Å². The molecule has 2 heterocycles. The molecule has 2 N–H and O–H groups in total. The number of hydrogen-bond acceptors (Lipinski definition) is 4. The molecule has 1 amide bonds. The summed E-state index contributed by atoms with van der Waals surface area (Å²) in [5.74, 6) is -0.231. The average molecular weight is 386 g/mol. The third-order valence-corrected chi connectivity index (χ3v) is 3.94. The van der Waals surface area contributed by atoms with Gasteiger partial charge in [-0.15, -0.1) is 24.8 Å². The lowest BCUT2D eigenvalue weighted by atomic mass is 9.79. The zero-order valence-corrected chi connectivity index (χ0v) is 15.2. The van der Waals surface area contributed by atoms with Gasteiger partial charge in [-0.05, 0) is 24.0 Å². The molecule has 9 heteroatoms. The molecule has 5 nitrogen and oxygen atoms in total. The van der Waals surface area contributed by atoms with Crippen LogP contribution in [-0.2, 0) is 0 Å². The van der Waals surface area contributed by atoms with Crippen LogP contribution in [0.2, 0.25) is 0 Å². The molecule has 1 atom stereocenters. The maximum atomic E-state index is 12.6. The summed E-state index contributed by atoms with van der Waals surface area (Å²) < 4.78 is 29.6. The SMILES string of the molecule is CC1(C)CN(C(=O)c2ncccc2OCC(F)F)CCC1N.Cl.Cl. The number of hydrogen-bond donors (Lipinski definition) is 1. The Hall–Kier alpha value is -1.18. The van der Waals surface area contributed by atoms with Gasteiger partial charge in [0.15, 0.2) is 11.4 Å². The van der Waals surface area contributed by atoms with Gasteiger partial charge in [-0.2, -0.15) is 0 Å². The number of nitrogens with zero attached hydrogens (tertiary/aromatic N) is 2. The number of pyridine rings is 1. The van der Waals surface area contributed by atoms with Crippen molar-refractivity contribution in [1.29, 1.82) is 0 Å². The molecule has 24 heavy (non-hydrogen) atoms. The molecule has 138 valence electrons. The van der Waals surface area contributed by atoms with Gasteiger partial charge in [0.2, 0.25) is 0 Å². The van der Waals surface area contributed by atoms with Crippen molar-refractivity contribution >= 4 is 30.7 Å². The van der Waals surface area contributed by atoms with Crippen molar-refractivity contribution in [2.24, 2.45) is 11.1 Å². The molecule has 1 aromatic heterocycles. The molecule has 1 unspecified atom stereocenters. The molecule has 1 fully saturated rings. The predicted octanol–water partition coefficient (Wildman–Crippen LogP) is 2.77. The van der Waals surface area contributed by atoms with E-state index in [1.807, 2.05) is 13.8 Å². The van der Waals surface area contributed by atoms with Crippen LogP contribution < -0.4 is 10.5 Å². The van der Waals surface area contributed by atoms with Gasteiger partial charge in [0.25, 0.3) is 12.3 Å². The van der Waals surface area contributed by atoms with Crippen LogP contribution in [-0.4, -0.2) is 48.0 Å². The molecule has 0 radical (unpaired) electrons. The Morgan fingerprint density at radius 3 is 2.75 bits per heavy atom. The standard InChI is InChI=1S/C15H21F2N3O2.2ClH/c1-15(2)9-20(7-5-11(15)18)14(21)13-10(4-3-6-19-13)22-8-12(16)17;;/h3-4,6,11-12H,5,7-9,18H2,1-2H3;2*1H. The highest BCUT2D eigenvalue weighted by atomic mass is 35.5. The van der Waals surface area contributed by atoms with Crippen molar-refractivity contribution in [3.05, 3.63) is 24.0 Å². The lowest BCUT2D eigenvalue weighted by molar-refractivity contribution is 0.0511. The molecule has 1 saturated heterocycles. The summed E-state index contributed by atoms with van der Waals surface area (Å²) in [6.07, 6.45) is -0.461. The second kappa shape index (κ2) is 9.34. The first kappa shape index (κ1) is 22.8. The second-order valence-electron chi connectivity index (χ2n) is 6.16. The number of ether oxygens (including phenoxy) is 1. The minimum atomic E-state index is -2.60. The van der Waals surface area contributed by atoms with Crippen molar-refractivity contribution in [1.82, 2.24) is 9.88 Å². The smallest absolute Gasteiger partial charge is 0.276 e. The van der Waals surface area contributed by atoms with Crippen LogP contribution in [0.3, 0.4) is 0 Å². The molecule has 1 aliphatic heterocycles. The summed E-state index contributed by atoms with van der Waals surface area (Å²) in [6, 6.07) is 3.05. The van der Waals surface area contributed by atoms with Crippen LogP contribution in [0.4, 0.5) is 8.78 Å². The lowest BCUT2D eigenvalue weighted by Gasteiger charge is -2.42. The van der Waals surface area contributed by atoms with Crippen LogP contribution >= 0.6 is 24.8 Å². The van der Waals surface area contributed by atoms with E-state index in [4.69, 9.17) is 10.5 Å². The topological polar surface area (TPSA) is 68.5 Å². The van der Waals surface area contributed by atoms with Crippen molar-refractivity contribution in [3.63, 3.8) is 0 Å². The summed E-state index contributed by atoms with van der Waals surface area (Å²) in [7, 11) is 0. The van der Waals surface area contributed by atoms with Gasteiger partial charge in [-0.1, -0.05) is 13.8 Å². The molecule has 0 bridgehead atoms. The number of carbonyl (C=O) groups is 1. The number of amides is 1. The monoisotopic (exact) mass is 385 g/mol. The second-order valence-corrected chi connectivity index (χ2v) is 6.16. The van der Waals surface area contributed by atoms with Crippen molar-refractivity contribution in [3.8, 4) is 5.75 Å². The van der Waals surface area contributed by atoms with Crippen molar-refractivity contribution < 1.29 is 18.3 Å². The molecule has 0 aromatic carbocycles. The van der Waals surface area contributed by atoms with Crippen molar-refractivity contribution in [2.75, 3.05) is 19.7 Å². The van der Waals surface area contributed by atoms with Gasteiger partial charge < -0.3 is 15.4 Å². The molecular weight excluding hydrogens is 363 g/mol. The highest BCUT2D eigenvalue weighted by Gasteiger charge is 2.36. The minimum absolute atomic E-state index is 0. The van der Waals surface area contributed by atoms with Gasteiger partial charge >= 0.3 is 0 Å². The molecule has 1 aromatic rings. The maximum Gasteiger partial charge on any atom is 0.276 e. The van der Waals surface area contributed by atoms with E-state index < -0.39 is 13.0 Å². The molecule has 0 aliphatic carbocycles. The average Bonchev–Trinajstić information content (AvgIpc) is 2.47. The Labute approximate surface area is 152 Å². The Morgan fingerprint density at radius 2 is 2.17 bits per heavy atom. The number of likely N-dealkylation sites (tertiary alicyclic amines) is 1. The van der Waals surface area contributed by atoms with Crippen LogP contribution in [0, 0.1) is 5.41 Å². The highest BCUT2D eigenvalue weighted by molar-refractivity contribution is 5.95. The van der Waals surface area contributed by atoms with Crippen LogP contribution in [0.5, 0.6) is 5.75 Å². The highest BCUT2D eigenvalue weighted by Crippen LogP contribution is 2.29. The Bertz CT molecular complexity index is 547. The van der Waals surface area contributed by atoms with Gasteiger partial charge in [0, 0.05) is 25.3 Å². The van der Waals surface area contributed by atoms with Gasteiger partial charge in [0.05, 0.1) is 0 Å². The summed E-state index contributed by atoms with van der Waals surface area (Å²) in [4.78, 5) is 18.3. The number of carbonyl (C=O) groups excluding carboxylic acids is 1. The minimum Gasteiger partial charge on any atom is -0.485 e. The van der Waals surface area contributed by atoms with E-state index in [9.17, 15) is 13.6 Å². The quantitative estimate of drug-likeness (QED) is 0.864. The van der Waals surface area contributed by atoms with E-state index in [1.165, 1.54) is 12.3 Å². The first-order valence-corrected chi connectivity index (χ1v) is 7.22. The molecule has 1 aliphatic rings. The summed E-state index contributed by atoms with van der Waals surface area (Å²) in [5.41, 5.74) is 5.93. The molecular formula is C15H23Cl2F2N3O2. The fourth-order valence-electron chi connectivity index (χ4n) is 2.52. The Morgan fingerprint density at radius 1 is 1.50 bits per heavy atom. The first-order valence-electron chi connectivity index (χ1n) is 7.22. The third-order valence-electron chi connectivity index (χ3n) is 3.94. The number of nitrogens with two attached hydrogens (primary N) is 1. The van der Waals surface area contributed by atoms with E-state index in [2.05, 4.69) is 4.98 Å². The summed E-state index contributed by atoms with van der Waals surface area (Å²) >= 11 is 0. The molecule has 0 saturated carbocycles. The zero-order chi connectivity index (χ0) is 16.3. The van der Waals surface area contributed by atoms with Crippen LogP contribution in [0.25, 0.3) is 0 Å². The number of alkyl halides is 2. The largest absolute Gasteiger partial charge is 0.485 e. The van der Waals surface area contributed by atoms with Crippen molar-refractivity contribution in [2.45, 2.75) is 32.7 Å². The van der Waals surface area contributed by atoms with Crippen LogP contribution in [0.1, 0.15) is 30.8 Å². The fraction of sp³-hybridized carbons (Fsp3) is 0.600. The van der Waals surface area contributed by atoms with E-state index >= 15 is 0 Å². The predicted molar refractivity (Wildman–Crippen MR) is 92.5 cm³/mol. The Balaban J connectivity index is 0.00000264. The van der Waals surface area contributed by atoms with Gasteiger partial charge in [-0.25, -0.2) is 13.8 Å². The number of piperidine rings is 1. The van der Waals surface area contributed by atoms with E-state index in [1.54, 1.807) is 11.0 Å². The zero-order valence-electron chi connectivity index (χ0n) is 13.6. The Kier molecular flexibility index (Phi) is 8.88. The number of halogens is 4. The summed E-state index contributed by atoms with van der Waals surface area (Å²) in [6.45, 7) is 4.27. The maximum absolute atomic E-state index is 12.6. The number of rotatable bonds is 4. The van der Waals surface area contributed by atoms with Gasteiger partial charge in [0.1, 0.15) is 6.61 Å². The van der Waals surface area contributed by atoms with Gasteiger partial charge in [-0.3, -0.25) is 4.79 Å². The normalized spacial score (nSPS) is 19.2. The molecule has 0 spiro atoms. The summed E-state index contributed by atoms with van der Waals surface area (Å²) in [5, 5.41) is 0. The molecule has 2 rings (SSSR count). The third kappa shape index (κ3) is 5.43. The fourth-order valence-corrected chi connectivity index (χ4v) is 2.52. The lowest BCUT2D eigenvalue weighted by Crippen LogP contribution is -2.54. The first-order chi connectivity index (χ1) is 10.3. The van der Waals surface area contributed by atoms with E-state index in [-0.39, 0.29) is 53.6 Å². The van der Waals surface area contributed by atoms with Crippen LogP contribution in [0.15, 0.2) is 18.3 Å².